The molecule has 0 aromatic heterocycles. The first-order valence-electron chi connectivity index (χ1n) is 8.20. The van der Waals surface area contributed by atoms with Crippen molar-refractivity contribution < 1.29 is 9.53 Å². The van der Waals surface area contributed by atoms with Crippen molar-refractivity contribution in [3.63, 3.8) is 0 Å². The summed E-state index contributed by atoms with van der Waals surface area (Å²) in [5.74, 6) is 0.390. The van der Waals surface area contributed by atoms with Gasteiger partial charge in [0, 0.05) is 11.4 Å². The first-order chi connectivity index (χ1) is 10.6. The molecule has 1 aliphatic rings. The standard InChI is InChI=1S/C18H24Cl2O2/c1-2-22-18(21)11-10-16(19)14-8-9-15(17(20)12-14)13-6-4-3-5-7-13/h8-9,12-13,16H,2-7,10-11H2,1H3. The first kappa shape index (κ1) is 17.6. The number of esters is 1. The van der Waals surface area contributed by atoms with Gasteiger partial charge in [-0.15, -0.1) is 11.6 Å². The van der Waals surface area contributed by atoms with E-state index in [1.165, 1.54) is 37.7 Å². The van der Waals surface area contributed by atoms with E-state index in [1.807, 2.05) is 6.07 Å². The van der Waals surface area contributed by atoms with Gasteiger partial charge in [-0.05, 0) is 49.3 Å². The largest absolute Gasteiger partial charge is 0.466 e. The number of carbonyl (C=O) groups is 1. The summed E-state index contributed by atoms with van der Waals surface area (Å²) in [5, 5.41) is 0.605. The molecule has 0 radical (unpaired) electrons. The van der Waals surface area contributed by atoms with Crippen molar-refractivity contribution in [2.75, 3.05) is 6.61 Å². The van der Waals surface area contributed by atoms with Gasteiger partial charge in [-0.2, -0.15) is 0 Å². The third kappa shape index (κ3) is 4.89. The van der Waals surface area contributed by atoms with E-state index < -0.39 is 0 Å². The monoisotopic (exact) mass is 342 g/mol. The highest BCUT2D eigenvalue weighted by molar-refractivity contribution is 6.31. The number of halogens is 2. The molecule has 4 heteroatoms. The molecule has 1 aromatic rings. The lowest BCUT2D eigenvalue weighted by atomic mass is 9.83. The van der Waals surface area contributed by atoms with Crippen LogP contribution in [0.25, 0.3) is 0 Å². The van der Waals surface area contributed by atoms with Gasteiger partial charge >= 0.3 is 5.97 Å². The van der Waals surface area contributed by atoms with Crippen LogP contribution in [0, 0.1) is 0 Å². The molecule has 0 aliphatic heterocycles. The van der Waals surface area contributed by atoms with Crippen molar-refractivity contribution in [1.82, 2.24) is 0 Å². The number of hydrogen-bond acceptors (Lipinski definition) is 2. The molecule has 1 aromatic carbocycles. The predicted octanol–water partition coefficient (Wildman–Crippen LogP) is 6.01. The molecule has 22 heavy (non-hydrogen) atoms. The van der Waals surface area contributed by atoms with Gasteiger partial charge in [-0.3, -0.25) is 4.79 Å². The number of benzene rings is 1. The third-order valence-corrected chi connectivity index (χ3v) is 5.14. The van der Waals surface area contributed by atoms with Crippen molar-refractivity contribution in [2.24, 2.45) is 0 Å². The summed E-state index contributed by atoms with van der Waals surface area (Å²) in [4.78, 5) is 11.4. The predicted molar refractivity (Wildman–Crippen MR) is 91.7 cm³/mol. The second-order valence-electron chi connectivity index (χ2n) is 5.93. The summed E-state index contributed by atoms with van der Waals surface area (Å²) in [6.07, 6.45) is 7.28. The maximum absolute atomic E-state index is 11.4. The number of rotatable bonds is 6. The summed E-state index contributed by atoms with van der Waals surface area (Å²) in [7, 11) is 0. The van der Waals surface area contributed by atoms with E-state index in [4.69, 9.17) is 27.9 Å². The Hall–Kier alpha value is -0.730. The zero-order valence-corrected chi connectivity index (χ0v) is 14.6. The second-order valence-corrected chi connectivity index (χ2v) is 6.86. The molecule has 0 amide bonds. The zero-order valence-electron chi connectivity index (χ0n) is 13.1. The van der Waals surface area contributed by atoms with E-state index in [1.54, 1.807) is 6.92 Å². The van der Waals surface area contributed by atoms with Crippen LogP contribution < -0.4 is 0 Å². The molecule has 1 fully saturated rings. The average Bonchev–Trinajstić information content (AvgIpc) is 2.53. The molecule has 0 spiro atoms. The van der Waals surface area contributed by atoms with Gasteiger partial charge < -0.3 is 4.74 Å². The van der Waals surface area contributed by atoms with Crippen LogP contribution in [0.1, 0.15) is 74.3 Å². The van der Waals surface area contributed by atoms with E-state index in [0.717, 1.165) is 10.6 Å². The highest BCUT2D eigenvalue weighted by Crippen LogP contribution is 2.38. The maximum atomic E-state index is 11.4. The normalized spacial score (nSPS) is 17.2. The summed E-state index contributed by atoms with van der Waals surface area (Å²) >= 11 is 12.9. The SMILES string of the molecule is CCOC(=O)CCC(Cl)c1ccc(C2CCCCC2)c(Cl)c1. The second kappa shape index (κ2) is 8.79. The smallest absolute Gasteiger partial charge is 0.305 e. The van der Waals surface area contributed by atoms with Gasteiger partial charge in [0.1, 0.15) is 0 Å². The number of ether oxygens (including phenoxy) is 1. The highest BCUT2D eigenvalue weighted by Gasteiger charge is 2.19. The van der Waals surface area contributed by atoms with Crippen LogP contribution in [0.3, 0.4) is 0 Å². The minimum Gasteiger partial charge on any atom is -0.466 e. The molecular weight excluding hydrogens is 319 g/mol. The maximum Gasteiger partial charge on any atom is 0.305 e. The van der Waals surface area contributed by atoms with Crippen LogP contribution >= 0.6 is 23.2 Å². The summed E-state index contributed by atoms with van der Waals surface area (Å²) in [6, 6.07) is 6.14. The van der Waals surface area contributed by atoms with Gasteiger partial charge in [0.25, 0.3) is 0 Å². The van der Waals surface area contributed by atoms with Crippen molar-refractivity contribution in [2.45, 2.75) is 63.2 Å². The molecule has 1 unspecified atom stereocenters. The molecule has 0 bridgehead atoms. The van der Waals surface area contributed by atoms with Crippen molar-refractivity contribution in [3.8, 4) is 0 Å². The Morgan fingerprint density at radius 2 is 2.05 bits per heavy atom. The van der Waals surface area contributed by atoms with Crippen LogP contribution in [0.4, 0.5) is 0 Å². The van der Waals surface area contributed by atoms with Gasteiger partial charge in [0.05, 0.1) is 12.0 Å². The molecular formula is C18H24Cl2O2. The zero-order chi connectivity index (χ0) is 15.9. The van der Waals surface area contributed by atoms with E-state index in [9.17, 15) is 4.79 Å². The minimum atomic E-state index is -0.206. The fourth-order valence-electron chi connectivity index (χ4n) is 3.13. The Morgan fingerprint density at radius 1 is 1.32 bits per heavy atom. The minimum absolute atomic E-state index is 0.196. The van der Waals surface area contributed by atoms with Gasteiger partial charge in [-0.25, -0.2) is 0 Å². The lowest BCUT2D eigenvalue weighted by Crippen LogP contribution is -2.06. The molecule has 0 heterocycles. The molecule has 1 aliphatic carbocycles. The fraction of sp³-hybridized carbons (Fsp3) is 0.611. The van der Waals surface area contributed by atoms with Crippen LogP contribution in [0.15, 0.2) is 18.2 Å². The van der Waals surface area contributed by atoms with E-state index in [2.05, 4.69) is 12.1 Å². The molecule has 1 saturated carbocycles. The van der Waals surface area contributed by atoms with E-state index in [-0.39, 0.29) is 11.3 Å². The van der Waals surface area contributed by atoms with Gasteiger partial charge in [0.15, 0.2) is 0 Å². The summed E-state index contributed by atoms with van der Waals surface area (Å²) < 4.78 is 4.93. The Balaban J connectivity index is 1.97. The molecule has 1 atom stereocenters. The van der Waals surface area contributed by atoms with Crippen LogP contribution in [0.5, 0.6) is 0 Å². The molecule has 0 saturated heterocycles. The fourth-order valence-corrected chi connectivity index (χ4v) is 3.72. The molecule has 122 valence electrons. The van der Waals surface area contributed by atoms with Crippen LogP contribution in [-0.2, 0) is 9.53 Å². The van der Waals surface area contributed by atoms with Gasteiger partial charge in [-0.1, -0.05) is 43.0 Å². The quantitative estimate of drug-likeness (QED) is 0.467. The van der Waals surface area contributed by atoms with Gasteiger partial charge in [0.2, 0.25) is 0 Å². The Bertz CT molecular complexity index is 496. The third-order valence-electron chi connectivity index (χ3n) is 4.34. The van der Waals surface area contributed by atoms with Crippen LogP contribution in [-0.4, -0.2) is 12.6 Å². The van der Waals surface area contributed by atoms with Crippen LogP contribution in [0.2, 0.25) is 5.02 Å². The lowest BCUT2D eigenvalue weighted by molar-refractivity contribution is -0.143. The molecule has 2 rings (SSSR count). The van der Waals surface area contributed by atoms with Crippen molar-refractivity contribution in [1.29, 1.82) is 0 Å². The van der Waals surface area contributed by atoms with E-state index in [0.29, 0.717) is 25.4 Å². The first-order valence-corrected chi connectivity index (χ1v) is 9.02. The Kier molecular flexibility index (Phi) is 7.04. The average molecular weight is 343 g/mol. The molecule has 2 nitrogen and oxygen atoms in total. The number of alkyl halides is 1. The number of hydrogen-bond donors (Lipinski definition) is 0. The van der Waals surface area contributed by atoms with E-state index >= 15 is 0 Å². The van der Waals surface area contributed by atoms with Crippen molar-refractivity contribution in [3.05, 3.63) is 34.3 Å². The molecule has 0 N–H and O–H groups in total. The summed E-state index contributed by atoms with van der Waals surface area (Å²) in [6.45, 7) is 2.22. The Labute approximate surface area is 143 Å². The Morgan fingerprint density at radius 3 is 2.68 bits per heavy atom. The summed E-state index contributed by atoms with van der Waals surface area (Å²) in [5.41, 5.74) is 2.23. The van der Waals surface area contributed by atoms with Crippen molar-refractivity contribution >= 4 is 29.2 Å². The number of carbonyl (C=O) groups excluding carboxylic acids is 1. The lowest BCUT2D eigenvalue weighted by Gasteiger charge is -2.23. The highest BCUT2D eigenvalue weighted by atomic mass is 35.5. The topological polar surface area (TPSA) is 26.3 Å².